The minimum absolute atomic E-state index is 0.237. The minimum Gasteiger partial charge on any atom is -0.458 e. The quantitative estimate of drug-likeness (QED) is 0.420. The van der Waals surface area contributed by atoms with Crippen molar-refractivity contribution in [2.45, 2.75) is 32.3 Å². The molecular weight excluding hydrogens is 204 g/mol. The molecule has 0 saturated carbocycles. The molecule has 1 unspecified atom stereocenters. The summed E-state index contributed by atoms with van der Waals surface area (Å²) in [6.45, 7) is 1.40. The van der Waals surface area contributed by atoms with Crippen LogP contribution in [0, 0.1) is 0 Å². The molecule has 0 aliphatic carbocycles. The molecule has 3 nitrogen and oxygen atoms in total. The van der Waals surface area contributed by atoms with Crippen LogP contribution in [-0.2, 0) is 14.3 Å². The first kappa shape index (κ1) is 12.4. The highest BCUT2D eigenvalue weighted by Crippen LogP contribution is 2.23. The zero-order valence-electron chi connectivity index (χ0n) is 9.39. The number of carbonyl (C=O) groups excluding carboxylic acids is 2. The van der Waals surface area contributed by atoms with Gasteiger partial charge >= 0.3 is 5.97 Å². The van der Waals surface area contributed by atoms with Crippen LogP contribution in [-0.4, -0.2) is 12.3 Å². The Kier molecular flexibility index (Phi) is 5.26. The fraction of sp³-hybridized carbons (Fsp3) is 0.385. The molecule has 0 radical (unpaired) electrons. The van der Waals surface area contributed by atoms with Gasteiger partial charge in [0.25, 0.3) is 0 Å². The third-order valence-corrected chi connectivity index (χ3v) is 2.27. The molecule has 0 aliphatic heterocycles. The molecule has 16 heavy (non-hydrogen) atoms. The molecule has 0 N–H and O–H groups in total. The van der Waals surface area contributed by atoms with Crippen molar-refractivity contribution >= 4 is 12.3 Å². The zero-order chi connectivity index (χ0) is 11.8. The highest BCUT2D eigenvalue weighted by atomic mass is 16.5. The molecule has 3 heteroatoms. The van der Waals surface area contributed by atoms with Gasteiger partial charge in [0.1, 0.15) is 12.4 Å². The van der Waals surface area contributed by atoms with Crippen LogP contribution < -0.4 is 0 Å². The summed E-state index contributed by atoms with van der Waals surface area (Å²) < 4.78 is 5.23. The maximum atomic E-state index is 11.0. The molecule has 0 saturated heterocycles. The molecule has 0 spiro atoms. The number of hydrogen-bond donors (Lipinski definition) is 0. The van der Waals surface area contributed by atoms with Gasteiger partial charge in [-0.25, -0.2) is 0 Å². The van der Waals surface area contributed by atoms with Crippen molar-refractivity contribution in [3.63, 3.8) is 0 Å². The van der Waals surface area contributed by atoms with Gasteiger partial charge in [-0.3, -0.25) is 4.79 Å². The fourth-order valence-electron chi connectivity index (χ4n) is 1.55. The van der Waals surface area contributed by atoms with E-state index in [9.17, 15) is 9.59 Å². The molecule has 0 fully saturated rings. The lowest BCUT2D eigenvalue weighted by Gasteiger charge is -2.16. The van der Waals surface area contributed by atoms with Crippen molar-refractivity contribution in [3.05, 3.63) is 35.9 Å². The van der Waals surface area contributed by atoms with E-state index in [2.05, 4.69) is 0 Å². The van der Waals surface area contributed by atoms with Crippen LogP contribution in [0.3, 0.4) is 0 Å². The van der Waals surface area contributed by atoms with Gasteiger partial charge in [-0.2, -0.15) is 0 Å². The Morgan fingerprint density at radius 1 is 1.38 bits per heavy atom. The second-order valence-corrected chi connectivity index (χ2v) is 3.61. The molecule has 1 atom stereocenters. The molecule has 86 valence electrons. The van der Waals surface area contributed by atoms with Crippen LogP contribution in [0.1, 0.15) is 37.9 Å². The van der Waals surface area contributed by atoms with E-state index in [4.69, 9.17) is 4.74 Å². The summed E-state index contributed by atoms with van der Waals surface area (Å²) in [5, 5.41) is 0. The number of carbonyl (C=O) groups is 2. The summed E-state index contributed by atoms with van der Waals surface area (Å²) in [4.78, 5) is 21.2. The first-order chi connectivity index (χ1) is 7.74. The average molecular weight is 220 g/mol. The fourth-order valence-corrected chi connectivity index (χ4v) is 1.55. The van der Waals surface area contributed by atoms with Gasteiger partial charge in [0.2, 0.25) is 0 Å². The Morgan fingerprint density at radius 2 is 2.06 bits per heavy atom. The standard InChI is InChI=1S/C13H16O3/c1-11(15)16-13(9-5-6-10-14)12-7-3-2-4-8-12/h2-4,7-8,10,13H,5-6,9H2,1H3. The minimum atomic E-state index is -0.292. The van der Waals surface area contributed by atoms with Gasteiger partial charge in [0, 0.05) is 13.3 Å². The monoisotopic (exact) mass is 220 g/mol. The average Bonchev–Trinajstić information content (AvgIpc) is 2.29. The van der Waals surface area contributed by atoms with Gasteiger partial charge in [0.15, 0.2) is 0 Å². The highest BCUT2D eigenvalue weighted by Gasteiger charge is 2.13. The van der Waals surface area contributed by atoms with Crippen LogP contribution in [0.5, 0.6) is 0 Å². The summed E-state index contributed by atoms with van der Waals surface area (Å²) >= 11 is 0. The van der Waals surface area contributed by atoms with E-state index in [0.717, 1.165) is 18.3 Å². The van der Waals surface area contributed by atoms with E-state index in [-0.39, 0.29) is 12.1 Å². The van der Waals surface area contributed by atoms with E-state index in [0.29, 0.717) is 12.8 Å². The first-order valence-electron chi connectivity index (χ1n) is 5.40. The lowest BCUT2D eigenvalue weighted by molar-refractivity contribution is -0.147. The molecule has 0 aromatic heterocycles. The molecule has 0 amide bonds. The number of ether oxygens (including phenoxy) is 1. The summed E-state index contributed by atoms with van der Waals surface area (Å²) in [6.07, 6.45) is 2.57. The summed E-state index contributed by atoms with van der Waals surface area (Å²) in [5.74, 6) is -0.292. The predicted molar refractivity (Wildman–Crippen MR) is 60.9 cm³/mol. The van der Waals surface area contributed by atoms with Crippen LogP contribution >= 0.6 is 0 Å². The normalized spacial score (nSPS) is 11.8. The van der Waals surface area contributed by atoms with E-state index in [1.54, 1.807) is 0 Å². The van der Waals surface area contributed by atoms with Crippen molar-refractivity contribution < 1.29 is 14.3 Å². The SMILES string of the molecule is CC(=O)OC(CCCC=O)c1ccccc1. The summed E-state index contributed by atoms with van der Waals surface area (Å²) in [6, 6.07) is 9.58. The topological polar surface area (TPSA) is 43.4 Å². The largest absolute Gasteiger partial charge is 0.458 e. The Balaban J connectivity index is 2.63. The molecular formula is C13H16O3. The molecule has 1 rings (SSSR count). The predicted octanol–water partition coefficient (Wildman–Crippen LogP) is 2.66. The molecule has 0 heterocycles. The number of aldehydes is 1. The Labute approximate surface area is 95.4 Å². The van der Waals surface area contributed by atoms with Gasteiger partial charge < -0.3 is 9.53 Å². The number of benzene rings is 1. The van der Waals surface area contributed by atoms with E-state index < -0.39 is 0 Å². The lowest BCUT2D eigenvalue weighted by atomic mass is 10.0. The second-order valence-electron chi connectivity index (χ2n) is 3.61. The van der Waals surface area contributed by atoms with Crippen molar-refractivity contribution in [3.8, 4) is 0 Å². The van der Waals surface area contributed by atoms with Crippen molar-refractivity contribution in [2.24, 2.45) is 0 Å². The maximum Gasteiger partial charge on any atom is 0.303 e. The Bertz CT molecular complexity index is 332. The third kappa shape index (κ3) is 4.26. The van der Waals surface area contributed by atoms with Crippen LogP contribution in [0.2, 0.25) is 0 Å². The Hall–Kier alpha value is -1.64. The van der Waals surface area contributed by atoms with E-state index in [1.165, 1.54) is 6.92 Å². The number of esters is 1. The lowest BCUT2D eigenvalue weighted by Crippen LogP contribution is -2.08. The first-order valence-corrected chi connectivity index (χ1v) is 5.40. The van der Waals surface area contributed by atoms with Gasteiger partial charge in [-0.1, -0.05) is 30.3 Å². The van der Waals surface area contributed by atoms with Crippen LogP contribution in [0.4, 0.5) is 0 Å². The highest BCUT2D eigenvalue weighted by molar-refractivity contribution is 5.66. The van der Waals surface area contributed by atoms with Gasteiger partial charge in [0.05, 0.1) is 0 Å². The van der Waals surface area contributed by atoms with Gasteiger partial charge in [-0.15, -0.1) is 0 Å². The molecule has 0 aliphatic rings. The summed E-state index contributed by atoms with van der Waals surface area (Å²) in [5.41, 5.74) is 0.976. The Morgan fingerprint density at radius 3 is 2.62 bits per heavy atom. The van der Waals surface area contributed by atoms with E-state index in [1.807, 2.05) is 30.3 Å². The third-order valence-electron chi connectivity index (χ3n) is 2.27. The molecule has 0 bridgehead atoms. The molecule has 1 aromatic rings. The van der Waals surface area contributed by atoms with E-state index >= 15 is 0 Å². The number of hydrogen-bond acceptors (Lipinski definition) is 3. The second kappa shape index (κ2) is 6.77. The van der Waals surface area contributed by atoms with Crippen LogP contribution in [0.15, 0.2) is 30.3 Å². The maximum absolute atomic E-state index is 11.0. The van der Waals surface area contributed by atoms with Gasteiger partial charge in [-0.05, 0) is 18.4 Å². The zero-order valence-corrected chi connectivity index (χ0v) is 9.39. The summed E-state index contributed by atoms with van der Waals surface area (Å²) in [7, 11) is 0. The number of unbranched alkanes of at least 4 members (excludes halogenated alkanes) is 1. The van der Waals surface area contributed by atoms with Crippen LogP contribution in [0.25, 0.3) is 0 Å². The van der Waals surface area contributed by atoms with Crippen molar-refractivity contribution in [1.82, 2.24) is 0 Å². The van der Waals surface area contributed by atoms with Crippen molar-refractivity contribution in [1.29, 1.82) is 0 Å². The molecule has 1 aromatic carbocycles. The van der Waals surface area contributed by atoms with Crippen molar-refractivity contribution in [2.75, 3.05) is 0 Å². The number of rotatable bonds is 6. The smallest absolute Gasteiger partial charge is 0.303 e.